The number of hydrogen-bond acceptors (Lipinski definition) is 15. The van der Waals surface area contributed by atoms with Crippen LogP contribution < -0.4 is 17.2 Å². The summed E-state index contributed by atoms with van der Waals surface area (Å²) < 4.78 is 28.1. The zero-order valence-corrected chi connectivity index (χ0v) is 18.7. The molecule has 200 valence electrons. The third kappa shape index (κ3) is 5.39. The van der Waals surface area contributed by atoms with Gasteiger partial charge in [-0.3, -0.25) is 0 Å². The summed E-state index contributed by atoms with van der Waals surface area (Å²) >= 11 is 0. The molecule has 3 aliphatic rings. The van der Waals surface area contributed by atoms with Crippen LogP contribution >= 0.6 is 0 Å². The second-order valence-electron chi connectivity index (χ2n) is 8.91. The van der Waals surface area contributed by atoms with E-state index in [1.807, 2.05) is 0 Å². The lowest BCUT2D eigenvalue weighted by molar-refractivity contribution is -0.342. The molecule has 13 N–H and O–H groups in total. The number of ether oxygens (including phenoxy) is 5. The van der Waals surface area contributed by atoms with E-state index >= 15 is 0 Å². The second kappa shape index (κ2) is 11.6. The van der Waals surface area contributed by atoms with Crippen molar-refractivity contribution in [1.29, 1.82) is 0 Å². The molecule has 0 bridgehead atoms. The van der Waals surface area contributed by atoms with Crippen molar-refractivity contribution in [2.24, 2.45) is 17.2 Å². The van der Waals surface area contributed by atoms with Crippen LogP contribution in [0.4, 0.5) is 0 Å². The minimum Gasteiger partial charge on any atom is -0.394 e. The van der Waals surface area contributed by atoms with Gasteiger partial charge in [-0.15, -0.1) is 0 Å². The molecule has 15 nitrogen and oxygen atoms in total. The topological polar surface area (TPSA) is 266 Å². The van der Waals surface area contributed by atoms with E-state index in [1.54, 1.807) is 6.92 Å². The van der Waals surface area contributed by atoms with Crippen molar-refractivity contribution in [3.8, 4) is 0 Å². The summed E-state index contributed by atoms with van der Waals surface area (Å²) in [4.78, 5) is 0. The van der Waals surface area contributed by atoms with Gasteiger partial charge in [-0.2, -0.15) is 0 Å². The summed E-state index contributed by atoms with van der Waals surface area (Å²) in [7, 11) is 0. The summed E-state index contributed by atoms with van der Waals surface area (Å²) in [5.74, 6) is 0. The fraction of sp³-hybridized carbons (Fsp3) is 1.00. The average Bonchev–Trinajstić information content (AvgIpc) is 2.83. The molecule has 0 radical (unpaired) electrons. The highest BCUT2D eigenvalue weighted by Gasteiger charge is 2.52. The van der Waals surface area contributed by atoms with Crippen LogP contribution in [-0.4, -0.2) is 147 Å². The zero-order chi connectivity index (χ0) is 25.3. The van der Waals surface area contributed by atoms with E-state index in [9.17, 15) is 35.7 Å². The van der Waals surface area contributed by atoms with E-state index in [4.69, 9.17) is 40.9 Å². The Morgan fingerprint density at radius 2 is 1.00 bits per heavy atom. The first kappa shape index (κ1) is 28.0. The van der Waals surface area contributed by atoms with Crippen molar-refractivity contribution < 1.29 is 59.4 Å². The summed E-state index contributed by atoms with van der Waals surface area (Å²) in [5.41, 5.74) is 17.9. The van der Waals surface area contributed by atoms with Gasteiger partial charge in [0.2, 0.25) is 0 Å². The number of hydrogen-bond donors (Lipinski definition) is 10. The van der Waals surface area contributed by atoms with Crippen molar-refractivity contribution in [1.82, 2.24) is 0 Å². The molecular formula is C19H37N3O12. The maximum Gasteiger partial charge on any atom is 0.176 e. The second-order valence-corrected chi connectivity index (χ2v) is 8.91. The summed E-state index contributed by atoms with van der Waals surface area (Å²) in [5, 5.41) is 70.3. The molecule has 0 amide bonds. The van der Waals surface area contributed by atoms with Gasteiger partial charge in [0, 0.05) is 0 Å². The minimum absolute atomic E-state index is 0.491. The molecule has 3 aliphatic heterocycles. The van der Waals surface area contributed by atoms with Crippen LogP contribution in [0.3, 0.4) is 0 Å². The maximum absolute atomic E-state index is 10.8. The van der Waals surface area contributed by atoms with Crippen molar-refractivity contribution in [3.05, 3.63) is 0 Å². The molecule has 3 heterocycles. The van der Waals surface area contributed by atoms with Gasteiger partial charge in [0.25, 0.3) is 0 Å². The Hall–Kier alpha value is -0.600. The molecule has 3 saturated heterocycles. The van der Waals surface area contributed by atoms with E-state index in [-0.39, 0.29) is 0 Å². The molecule has 0 aromatic rings. The van der Waals surface area contributed by atoms with Gasteiger partial charge in [-0.25, -0.2) is 0 Å². The van der Waals surface area contributed by atoms with Crippen LogP contribution in [0.15, 0.2) is 0 Å². The van der Waals surface area contributed by atoms with Gasteiger partial charge >= 0.3 is 0 Å². The van der Waals surface area contributed by atoms with Gasteiger partial charge in [0.1, 0.15) is 54.9 Å². The zero-order valence-electron chi connectivity index (χ0n) is 18.7. The fourth-order valence-corrected chi connectivity index (χ4v) is 4.39. The van der Waals surface area contributed by atoms with Crippen molar-refractivity contribution in [3.63, 3.8) is 0 Å². The van der Waals surface area contributed by atoms with Gasteiger partial charge in [-0.05, 0) is 6.92 Å². The molecule has 0 spiro atoms. The van der Waals surface area contributed by atoms with E-state index in [2.05, 4.69) is 0 Å². The Bertz CT molecular complexity index is 646. The number of nitrogens with two attached hydrogens (primary N) is 3. The molecule has 15 atom stereocenters. The lowest BCUT2D eigenvalue weighted by atomic mass is 9.93. The molecule has 15 heteroatoms. The van der Waals surface area contributed by atoms with E-state index in [1.165, 1.54) is 0 Å². The first-order valence-corrected chi connectivity index (χ1v) is 11.1. The molecule has 34 heavy (non-hydrogen) atoms. The molecule has 0 aliphatic carbocycles. The normalized spacial score (nSPS) is 52.5. The van der Waals surface area contributed by atoms with E-state index in [0.717, 1.165) is 0 Å². The highest BCUT2D eigenvalue weighted by Crippen LogP contribution is 2.31. The summed E-state index contributed by atoms with van der Waals surface area (Å²) in [6, 6.07) is -3.34. The predicted octanol–water partition coefficient (Wildman–Crippen LogP) is -6.60. The molecular weight excluding hydrogens is 462 g/mol. The van der Waals surface area contributed by atoms with Crippen LogP contribution in [0.5, 0.6) is 0 Å². The Kier molecular flexibility index (Phi) is 9.57. The highest BCUT2D eigenvalue weighted by molar-refractivity contribution is 4.99. The number of rotatable bonds is 7. The molecule has 0 aromatic carbocycles. The van der Waals surface area contributed by atoms with Gasteiger partial charge < -0.3 is 76.6 Å². The Balaban J connectivity index is 1.72. The SMILES string of the molecule is C[C@@H]1OC(CO)[C@@H](O[C@@H]2OC(CO)[C@@H](O[C@@H]3OC(CO)[C@@H](O)[C@H](O)C3N)[C@H](O)C2N)[C@H](O)C1N. The molecule has 0 saturated carbocycles. The van der Waals surface area contributed by atoms with Gasteiger partial charge in [0.15, 0.2) is 12.6 Å². The van der Waals surface area contributed by atoms with Crippen LogP contribution in [0.1, 0.15) is 6.92 Å². The fourth-order valence-electron chi connectivity index (χ4n) is 4.39. The van der Waals surface area contributed by atoms with Crippen LogP contribution in [0.25, 0.3) is 0 Å². The first-order chi connectivity index (χ1) is 16.0. The van der Waals surface area contributed by atoms with Crippen LogP contribution in [0.2, 0.25) is 0 Å². The van der Waals surface area contributed by atoms with Crippen molar-refractivity contribution >= 4 is 0 Å². The quantitative estimate of drug-likeness (QED) is 0.156. The first-order valence-electron chi connectivity index (χ1n) is 11.1. The molecule has 6 unspecified atom stereocenters. The lowest BCUT2D eigenvalue weighted by Crippen LogP contribution is -2.69. The van der Waals surface area contributed by atoms with E-state index in [0.29, 0.717) is 0 Å². The van der Waals surface area contributed by atoms with Gasteiger partial charge in [-0.1, -0.05) is 0 Å². The monoisotopic (exact) mass is 499 g/mol. The lowest BCUT2D eigenvalue weighted by Gasteiger charge is -2.48. The maximum atomic E-state index is 10.8. The Morgan fingerprint density at radius 1 is 0.588 bits per heavy atom. The molecule has 0 aromatic heterocycles. The Labute approximate surface area is 195 Å². The third-order valence-corrected chi connectivity index (χ3v) is 6.62. The van der Waals surface area contributed by atoms with Crippen LogP contribution in [-0.2, 0) is 23.7 Å². The minimum atomic E-state index is -1.51. The van der Waals surface area contributed by atoms with Gasteiger partial charge in [0.05, 0.1) is 44.1 Å². The van der Waals surface area contributed by atoms with E-state index < -0.39 is 112 Å². The Morgan fingerprint density at radius 3 is 1.50 bits per heavy atom. The standard InChI is InChI=1S/C19H37N3O12/c1-5-9(20)14(28)16(7(3-24)30-5)33-19-11(22)15(29)17(8(4-25)32-19)34-18-10(21)13(27)12(26)6(2-23)31-18/h5-19,23-29H,2-4,20-22H2,1H3/t5-,6?,7?,8?,9?,10?,11?,12+,13+,14+,15+,16+,17+,18-,19-/m0/s1. The average molecular weight is 500 g/mol. The van der Waals surface area contributed by atoms with Crippen LogP contribution in [0, 0.1) is 0 Å². The number of aliphatic hydroxyl groups excluding tert-OH is 7. The summed E-state index contributed by atoms with van der Waals surface area (Å²) in [6.45, 7) is -0.144. The largest absolute Gasteiger partial charge is 0.394 e. The third-order valence-electron chi connectivity index (χ3n) is 6.62. The smallest absolute Gasteiger partial charge is 0.176 e. The van der Waals surface area contributed by atoms with Crippen molar-refractivity contribution in [2.75, 3.05) is 19.8 Å². The summed E-state index contributed by atoms with van der Waals surface area (Å²) in [6.07, 6.45) is -14.8. The number of aliphatic hydroxyl groups is 7. The molecule has 3 fully saturated rings. The molecule has 3 rings (SSSR count). The predicted molar refractivity (Wildman–Crippen MR) is 111 cm³/mol. The highest BCUT2D eigenvalue weighted by atomic mass is 16.7. The van der Waals surface area contributed by atoms with Crippen molar-refractivity contribution in [2.45, 2.75) is 98.7 Å².